The molecule has 0 aliphatic heterocycles. The van der Waals surface area contributed by atoms with E-state index in [1.807, 2.05) is 25.2 Å². The van der Waals surface area contributed by atoms with E-state index < -0.39 is 6.09 Å². The highest BCUT2D eigenvalue weighted by Gasteiger charge is 2.03. The average Bonchev–Trinajstić information content (AvgIpc) is 2.59. The number of nitrogens with zero attached hydrogens (tertiary/aromatic N) is 1. The molecule has 1 aromatic carbocycles. The minimum absolute atomic E-state index is 0.916. The van der Waals surface area contributed by atoms with Gasteiger partial charge in [-0.25, -0.2) is 4.79 Å². The van der Waals surface area contributed by atoms with Crippen LogP contribution < -0.4 is 5.32 Å². The van der Waals surface area contributed by atoms with Crippen LogP contribution in [-0.4, -0.2) is 22.8 Å². The fraction of sp³-hybridized carbons (Fsp3) is 0.100. The monoisotopic (exact) mass is 190 g/mol. The van der Waals surface area contributed by atoms with Gasteiger partial charge in [0.2, 0.25) is 0 Å². The molecule has 0 saturated carbocycles. The van der Waals surface area contributed by atoms with Gasteiger partial charge in [-0.15, -0.1) is 0 Å². The van der Waals surface area contributed by atoms with Crippen molar-refractivity contribution in [1.29, 1.82) is 0 Å². The van der Waals surface area contributed by atoms with Gasteiger partial charge in [-0.05, 0) is 12.1 Å². The van der Waals surface area contributed by atoms with Crippen LogP contribution in [0.5, 0.6) is 0 Å². The highest BCUT2D eigenvalue weighted by Crippen LogP contribution is 2.19. The molecule has 1 aromatic heterocycles. The lowest BCUT2D eigenvalue weighted by atomic mass is 10.2. The van der Waals surface area contributed by atoms with Crippen molar-refractivity contribution in [3.63, 3.8) is 0 Å². The molecule has 1 heterocycles. The smallest absolute Gasteiger partial charge is 0.415 e. The number of benzene rings is 1. The lowest BCUT2D eigenvalue weighted by Gasteiger charge is -1.97. The third-order valence-electron chi connectivity index (χ3n) is 2.15. The first-order valence-electron chi connectivity index (χ1n) is 4.23. The highest BCUT2D eigenvalue weighted by atomic mass is 16.4. The third-order valence-corrected chi connectivity index (χ3v) is 2.15. The van der Waals surface area contributed by atoms with Gasteiger partial charge in [0.15, 0.2) is 0 Å². The molecule has 2 N–H and O–H groups in total. The summed E-state index contributed by atoms with van der Waals surface area (Å²) in [4.78, 5) is 10.7. The van der Waals surface area contributed by atoms with Gasteiger partial charge < -0.3 is 10.4 Å². The standard InChI is InChI=1S/C10H10N2O2/c1-11-9-3-2-7-5-12(10(13)14)6-8(7)4-9/h2-6,11H,1H3,(H,13,14). The van der Waals surface area contributed by atoms with Crippen molar-refractivity contribution >= 4 is 22.6 Å². The summed E-state index contributed by atoms with van der Waals surface area (Å²) in [6.07, 6.45) is 2.22. The summed E-state index contributed by atoms with van der Waals surface area (Å²) in [7, 11) is 1.83. The SMILES string of the molecule is CNc1ccc2cn(C(=O)O)cc2c1. The van der Waals surface area contributed by atoms with E-state index in [9.17, 15) is 4.79 Å². The Hall–Kier alpha value is -1.97. The Morgan fingerprint density at radius 2 is 2.07 bits per heavy atom. The molecule has 0 atom stereocenters. The van der Waals surface area contributed by atoms with Crippen LogP contribution >= 0.6 is 0 Å². The molecule has 4 heteroatoms. The fourth-order valence-electron chi connectivity index (χ4n) is 1.41. The van der Waals surface area contributed by atoms with Gasteiger partial charge in [0.1, 0.15) is 0 Å². The van der Waals surface area contributed by atoms with E-state index in [2.05, 4.69) is 5.32 Å². The summed E-state index contributed by atoms with van der Waals surface area (Å²) < 4.78 is 1.16. The van der Waals surface area contributed by atoms with Crippen LogP contribution in [0.15, 0.2) is 30.6 Å². The molecule has 0 aliphatic carbocycles. The third kappa shape index (κ3) is 1.31. The molecule has 2 aromatic rings. The van der Waals surface area contributed by atoms with E-state index in [0.717, 1.165) is 21.0 Å². The number of hydrogen-bond acceptors (Lipinski definition) is 2. The number of rotatable bonds is 1. The normalized spacial score (nSPS) is 10.4. The minimum atomic E-state index is -0.966. The second-order valence-corrected chi connectivity index (χ2v) is 3.04. The molecule has 0 unspecified atom stereocenters. The van der Waals surface area contributed by atoms with Crippen LogP contribution in [0.3, 0.4) is 0 Å². The largest absolute Gasteiger partial charge is 0.464 e. The molecule has 0 amide bonds. The Kier molecular flexibility index (Phi) is 1.89. The average molecular weight is 190 g/mol. The number of nitrogens with one attached hydrogen (secondary N) is 1. The Morgan fingerprint density at radius 3 is 2.71 bits per heavy atom. The van der Waals surface area contributed by atoms with E-state index >= 15 is 0 Å². The van der Waals surface area contributed by atoms with Gasteiger partial charge >= 0.3 is 6.09 Å². The topological polar surface area (TPSA) is 54.3 Å². The molecule has 0 aliphatic rings. The molecule has 0 saturated heterocycles. The maximum absolute atomic E-state index is 10.7. The second-order valence-electron chi connectivity index (χ2n) is 3.04. The summed E-state index contributed by atoms with van der Waals surface area (Å²) in [5.41, 5.74) is 0.973. The van der Waals surface area contributed by atoms with E-state index in [0.29, 0.717) is 0 Å². The van der Waals surface area contributed by atoms with Crippen molar-refractivity contribution in [2.24, 2.45) is 0 Å². The van der Waals surface area contributed by atoms with Gasteiger partial charge in [0.25, 0.3) is 0 Å². The summed E-state index contributed by atoms with van der Waals surface area (Å²) in [5, 5.41) is 13.6. The first-order chi connectivity index (χ1) is 6.70. The Morgan fingerprint density at radius 1 is 1.36 bits per heavy atom. The van der Waals surface area contributed by atoms with Gasteiger partial charge in [-0.1, -0.05) is 6.07 Å². The minimum Gasteiger partial charge on any atom is -0.464 e. The van der Waals surface area contributed by atoms with Crippen molar-refractivity contribution in [3.05, 3.63) is 30.6 Å². The van der Waals surface area contributed by atoms with E-state index in [-0.39, 0.29) is 0 Å². The van der Waals surface area contributed by atoms with Gasteiger partial charge in [-0.3, -0.25) is 4.57 Å². The van der Waals surface area contributed by atoms with E-state index in [1.165, 1.54) is 0 Å². The van der Waals surface area contributed by atoms with Gasteiger partial charge in [0, 0.05) is 35.9 Å². The summed E-state index contributed by atoms with van der Waals surface area (Å²) in [6.45, 7) is 0. The molecular weight excluding hydrogens is 180 g/mol. The predicted octanol–water partition coefficient (Wildman–Crippen LogP) is 2.21. The summed E-state index contributed by atoms with van der Waals surface area (Å²) >= 11 is 0. The Balaban J connectivity index is 2.60. The molecular formula is C10H10N2O2. The predicted molar refractivity (Wildman–Crippen MR) is 54.9 cm³/mol. The number of anilines is 1. The van der Waals surface area contributed by atoms with Gasteiger partial charge in [-0.2, -0.15) is 0 Å². The number of carboxylic acid groups (broad SMARTS) is 1. The zero-order valence-electron chi connectivity index (χ0n) is 7.69. The Bertz CT molecular complexity index is 488. The number of fused-ring (bicyclic) bond motifs is 1. The number of aromatic nitrogens is 1. The molecule has 2 rings (SSSR count). The van der Waals surface area contributed by atoms with Crippen molar-refractivity contribution in [2.45, 2.75) is 0 Å². The van der Waals surface area contributed by atoms with Crippen molar-refractivity contribution < 1.29 is 9.90 Å². The first kappa shape index (κ1) is 8.62. The van der Waals surface area contributed by atoms with Crippen LogP contribution in [0.1, 0.15) is 0 Å². The molecule has 0 bridgehead atoms. The van der Waals surface area contributed by atoms with Crippen molar-refractivity contribution in [1.82, 2.24) is 4.57 Å². The summed E-state index contributed by atoms with van der Waals surface area (Å²) in [6, 6.07) is 5.71. The second kappa shape index (κ2) is 3.06. The van der Waals surface area contributed by atoms with Gasteiger partial charge in [0.05, 0.1) is 0 Å². The van der Waals surface area contributed by atoms with Crippen LogP contribution in [0, 0.1) is 0 Å². The summed E-state index contributed by atoms with van der Waals surface area (Å²) in [5.74, 6) is 0. The molecule has 0 fully saturated rings. The Labute approximate surface area is 80.8 Å². The number of hydrogen-bond donors (Lipinski definition) is 2. The fourth-order valence-corrected chi connectivity index (χ4v) is 1.41. The molecule has 4 nitrogen and oxygen atoms in total. The maximum atomic E-state index is 10.7. The van der Waals surface area contributed by atoms with Crippen molar-refractivity contribution in [3.8, 4) is 0 Å². The van der Waals surface area contributed by atoms with Crippen LogP contribution in [0.2, 0.25) is 0 Å². The molecule has 0 radical (unpaired) electrons. The molecule has 0 spiro atoms. The zero-order valence-corrected chi connectivity index (χ0v) is 7.69. The maximum Gasteiger partial charge on any atom is 0.415 e. The highest BCUT2D eigenvalue weighted by molar-refractivity contribution is 5.88. The lowest BCUT2D eigenvalue weighted by molar-refractivity contribution is 0.196. The zero-order chi connectivity index (χ0) is 10.1. The lowest BCUT2D eigenvalue weighted by Crippen LogP contribution is -2.03. The van der Waals surface area contributed by atoms with E-state index in [4.69, 9.17) is 5.11 Å². The van der Waals surface area contributed by atoms with Crippen molar-refractivity contribution in [2.75, 3.05) is 12.4 Å². The van der Waals surface area contributed by atoms with Crippen LogP contribution in [0.25, 0.3) is 10.8 Å². The van der Waals surface area contributed by atoms with Crippen LogP contribution in [-0.2, 0) is 0 Å². The molecule has 14 heavy (non-hydrogen) atoms. The number of carbonyl (C=O) groups is 1. The van der Waals surface area contributed by atoms with Crippen LogP contribution in [0.4, 0.5) is 10.5 Å². The quantitative estimate of drug-likeness (QED) is 0.724. The first-order valence-corrected chi connectivity index (χ1v) is 4.23. The molecule has 72 valence electrons. The van der Waals surface area contributed by atoms with E-state index in [1.54, 1.807) is 12.4 Å².